The highest BCUT2D eigenvalue weighted by Crippen LogP contribution is 2.27. The molecule has 2 nitrogen and oxygen atoms in total. The molecule has 1 unspecified atom stereocenters. The molecule has 2 aromatic rings. The van der Waals surface area contributed by atoms with Gasteiger partial charge in [-0.3, -0.25) is 0 Å². The summed E-state index contributed by atoms with van der Waals surface area (Å²) in [6.45, 7) is 2.06. The Morgan fingerprint density at radius 1 is 1.38 bits per heavy atom. The molecule has 2 rings (SSSR count). The number of fused-ring (bicyclic) bond motifs is 1. The van der Waals surface area contributed by atoms with Crippen LogP contribution in [0.2, 0.25) is 0 Å². The van der Waals surface area contributed by atoms with Crippen LogP contribution in [0.4, 0.5) is 4.39 Å². The predicted molar refractivity (Wildman–Crippen MR) is 62.5 cm³/mol. The molecule has 0 spiro atoms. The molecule has 0 bridgehead atoms. The molecule has 1 aromatic carbocycles. The minimum atomic E-state index is -1.87. The summed E-state index contributed by atoms with van der Waals surface area (Å²) in [5.41, 5.74) is 1.18. The second-order valence-electron chi connectivity index (χ2n) is 3.36. The van der Waals surface area contributed by atoms with Crippen molar-refractivity contribution in [1.82, 2.24) is 4.98 Å². The van der Waals surface area contributed by atoms with Crippen molar-refractivity contribution in [2.45, 2.75) is 19.2 Å². The van der Waals surface area contributed by atoms with Crippen molar-refractivity contribution in [3.63, 3.8) is 0 Å². The average molecular weight is 240 g/mol. The van der Waals surface area contributed by atoms with E-state index < -0.39 is 5.82 Å². The van der Waals surface area contributed by atoms with Crippen molar-refractivity contribution in [3.8, 4) is 5.88 Å². The summed E-state index contributed by atoms with van der Waals surface area (Å²) in [5, 5.41) is 1.80. The lowest BCUT2D eigenvalue weighted by Crippen LogP contribution is -2.03. The van der Waals surface area contributed by atoms with Crippen LogP contribution in [0.1, 0.15) is 12.5 Å². The summed E-state index contributed by atoms with van der Waals surface area (Å²) in [6.07, 6.45) is 2.50. The molecule has 1 atom stereocenters. The van der Waals surface area contributed by atoms with Crippen LogP contribution in [-0.4, -0.2) is 10.8 Å². The highest BCUT2D eigenvalue weighted by Gasteiger charge is 2.09. The van der Waals surface area contributed by atoms with Gasteiger partial charge in [0.2, 0.25) is 5.88 Å². The third-order valence-electron chi connectivity index (χ3n) is 2.44. The zero-order chi connectivity index (χ0) is 11.5. The molecule has 84 valence electrons. The Labute approximate surface area is 98.0 Å². The standard InChI is InChI=1S/C12H11ClFNO/c1-2-8-4-3-5-10-9(8)6-7-15-11(10)16-12(13)14/h3-7,12H,2H2,1H3. The Morgan fingerprint density at radius 2 is 2.19 bits per heavy atom. The second-order valence-corrected chi connectivity index (χ2v) is 3.70. The molecule has 0 N–H and O–H groups in total. The number of pyridine rings is 1. The molecule has 0 aliphatic carbocycles. The first-order valence-electron chi connectivity index (χ1n) is 5.03. The molecule has 0 aliphatic rings. The van der Waals surface area contributed by atoms with E-state index in [2.05, 4.69) is 11.9 Å². The zero-order valence-corrected chi connectivity index (χ0v) is 9.54. The van der Waals surface area contributed by atoms with Crippen molar-refractivity contribution in [3.05, 3.63) is 36.0 Å². The van der Waals surface area contributed by atoms with Gasteiger partial charge in [-0.1, -0.05) is 19.1 Å². The molecule has 0 saturated carbocycles. The topological polar surface area (TPSA) is 22.1 Å². The smallest absolute Gasteiger partial charge is 0.317 e. The second kappa shape index (κ2) is 4.66. The quantitative estimate of drug-likeness (QED) is 0.763. The Balaban J connectivity index is 2.59. The summed E-state index contributed by atoms with van der Waals surface area (Å²) in [5.74, 6) is -1.64. The Morgan fingerprint density at radius 3 is 2.88 bits per heavy atom. The van der Waals surface area contributed by atoms with Gasteiger partial charge in [0.05, 0.1) is 0 Å². The van der Waals surface area contributed by atoms with Crippen LogP contribution in [0.3, 0.4) is 0 Å². The van der Waals surface area contributed by atoms with Crippen LogP contribution in [0.25, 0.3) is 10.8 Å². The molecule has 1 heterocycles. The highest BCUT2D eigenvalue weighted by atomic mass is 35.5. The van der Waals surface area contributed by atoms with Crippen molar-refractivity contribution >= 4 is 22.4 Å². The van der Waals surface area contributed by atoms with Gasteiger partial charge < -0.3 is 4.74 Å². The van der Waals surface area contributed by atoms with E-state index in [9.17, 15) is 4.39 Å². The Bertz CT molecular complexity index is 501. The minimum absolute atomic E-state index is 0.232. The van der Waals surface area contributed by atoms with Crippen LogP contribution in [0.15, 0.2) is 30.5 Å². The van der Waals surface area contributed by atoms with Gasteiger partial charge in [-0.05, 0) is 41.1 Å². The lowest BCUT2D eigenvalue weighted by Gasteiger charge is -2.09. The van der Waals surface area contributed by atoms with Crippen molar-refractivity contribution in [2.24, 2.45) is 0 Å². The largest absolute Gasteiger partial charge is 0.429 e. The van der Waals surface area contributed by atoms with Crippen molar-refractivity contribution < 1.29 is 9.13 Å². The van der Waals surface area contributed by atoms with E-state index in [0.29, 0.717) is 0 Å². The number of aromatic nitrogens is 1. The number of nitrogens with zero attached hydrogens (tertiary/aromatic N) is 1. The zero-order valence-electron chi connectivity index (χ0n) is 8.78. The van der Waals surface area contributed by atoms with E-state index in [1.807, 2.05) is 24.3 Å². The van der Waals surface area contributed by atoms with Crippen molar-refractivity contribution in [2.75, 3.05) is 0 Å². The molecule has 16 heavy (non-hydrogen) atoms. The van der Waals surface area contributed by atoms with Gasteiger partial charge in [0, 0.05) is 11.6 Å². The van der Waals surface area contributed by atoms with Gasteiger partial charge in [0.1, 0.15) is 0 Å². The van der Waals surface area contributed by atoms with E-state index in [-0.39, 0.29) is 5.88 Å². The molecule has 1 aromatic heterocycles. The summed E-state index contributed by atoms with van der Waals surface area (Å²) < 4.78 is 17.4. The molecule has 0 saturated heterocycles. The third-order valence-corrected chi connectivity index (χ3v) is 2.53. The number of hydrogen-bond acceptors (Lipinski definition) is 2. The van der Waals surface area contributed by atoms with Crippen LogP contribution in [0, 0.1) is 0 Å². The number of halogens is 2. The first kappa shape index (κ1) is 11.1. The maximum Gasteiger partial charge on any atom is 0.317 e. The molecule has 0 fully saturated rings. The van der Waals surface area contributed by atoms with E-state index in [1.165, 1.54) is 5.56 Å². The van der Waals surface area contributed by atoms with E-state index in [0.717, 1.165) is 17.2 Å². The minimum Gasteiger partial charge on any atom is -0.429 e. The summed E-state index contributed by atoms with van der Waals surface area (Å²) in [7, 11) is 0. The number of benzene rings is 1. The molecule has 0 radical (unpaired) electrons. The number of alkyl halides is 2. The summed E-state index contributed by atoms with van der Waals surface area (Å²) in [6, 6.07) is 7.66. The molecular formula is C12H11ClFNO. The monoisotopic (exact) mass is 239 g/mol. The van der Waals surface area contributed by atoms with E-state index in [4.69, 9.17) is 16.3 Å². The van der Waals surface area contributed by atoms with Crippen molar-refractivity contribution in [1.29, 1.82) is 0 Å². The fourth-order valence-corrected chi connectivity index (χ4v) is 1.82. The number of aryl methyl sites for hydroxylation is 1. The predicted octanol–water partition coefficient (Wildman–Crippen LogP) is 3.67. The highest BCUT2D eigenvalue weighted by molar-refractivity contribution is 6.18. The Hall–Kier alpha value is -1.35. The van der Waals surface area contributed by atoms with Gasteiger partial charge in [-0.25, -0.2) is 4.98 Å². The lowest BCUT2D eigenvalue weighted by molar-refractivity contribution is 0.143. The van der Waals surface area contributed by atoms with E-state index >= 15 is 0 Å². The number of rotatable bonds is 3. The summed E-state index contributed by atoms with van der Waals surface area (Å²) in [4.78, 5) is 3.98. The van der Waals surface area contributed by atoms with Gasteiger partial charge in [0.15, 0.2) is 0 Å². The van der Waals surface area contributed by atoms with Gasteiger partial charge in [0.25, 0.3) is 0 Å². The molecule has 4 heteroatoms. The normalized spacial score (nSPS) is 12.7. The lowest BCUT2D eigenvalue weighted by atomic mass is 10.0. The fourth-order valence-electron chi connectivity index (χ4n) is 1.73. The summed E-state index contributed by atoms with van der Waals surface area (Å²) >= 11 is 5.16. The molecule has 0 aliphatic heterocycles. The maximum absolute atomic E-state index is 12.6. The number of hydrogen-bond donors (Lipinski definition) is 0. The van der Waals surface area contributed by atoms with E-state index in [1.54, 1.807) is 6.20 Å². The van der Waals surface area contributed by atoms with Crippen LogP contribution in [0.5, 0.6) is 5.88 Å². The Kier molecular flexibility index (Phi) is 3.25. The first-order chi connectivity index (χ1) is 7.72. The van der Waals surface area contributed by atoms with Gasteiger partial charge in [-0.15, -0.1) is 0 Å². The van der Waals surface area contributed by atoms with Gasteiger partial charge in [-0.2, -0.15) is 4.39 Å². The maximum atomic E-state index is 12.6. The van der Waals surface area contributed by atoms with Gasteiger partial charge >= 0.3 is 5.82 Å². The van der Waals surface area contributed by atoms with Crippen LogP contribution >= 0.6 is 11.6 Å². The molecular weight excluding hydrogens is 229 g/mol. The van der Waals surface area contributed by atoms with Crippen LogP contribution in [-0.2, 0) is 6.42 Å². The average Bonchev–Trinajstić information content (AvgIpc) is 2.28. The SMILES string of the molecule is CCc1cccc2c(OC(F)Cl)nccc12. The third kappa shape index (κ3) is 2.09. The van der Waals surface area contributed by atoms with Crippen LogP contribution < -0.4 is 4.74 Å². The number of ether oxygens (including phenoxy) is 1. The fraction of sp³-hybridized carbons (Fsp3) is 0.250. The first-order valence-corrected chi connectivity index (χ1v) is 5.47. The molecule has 0 amide bonds.